The molecular formula is C13H15IN4. The minimum absolute atomic E-state index is 0.673. The molecule has 5 heteroatoms. The maximum Gasteiger partial charge on any atom is 0.180 e. The van der Waals surface area contributed by atoms with Crippen molar-refractivity contribution in [1.82, 2.24) is 15.0 Å². The average Bonchev–Trinajstić information content (AvgIpc) is 2.39. The number of aromatic nitrogens is 3. The molecule has 0 spiro atoms. The van der Waals surface area contributed by atoms with E-state index in [4.69, 9.17) is 0 Å². The van der Waals surface area contributed by atoms with Crippen LogP contribution in [-0.2, 0) is 0 Å². The Bertz CT molecular complexity index is 542. The first-order valence-electron chi connectivity index (χ1n) is 5.90. The van der Waals surface area contributed by atoms with Crippen molar-refractivity contribution in [2.24, 2.45) is 0 Å². The number of pyridine rings is 1. The SMILES string of the molecule is CCCNc1nc(-c2ncccc2C)ncc1I. The van der Waals surface area contributed by atoms with Crippen molar-refractivity contribution in [1.29, 1.82) is 0 Å². The van der Waals surface area contributed by atoms with E-state index in [9.17, 15) is 0 Å². The van der Waals surface area contributed by atoms with Gasteiger partial charge in [-0.2, -0.15) is 0 Å². The Kier molecular flexibility index (Phi) is 4.46. The number of anilines is 1. The lowest BCUT2D eigenvalue weighted by Gasteiger charge is -2.08. The van der Waals surface area contributed by atoms with Crippen LogP contribution < -0.4 is 5.32 Å². The summed E-state index contributed by atoms with van der Waals surface area (Å²) in [5.74, 6) is 1.56. The monoisotopic (exact) mass is 354 g/mol. The quantitative estimate of drug-likeness (QED) is 0.857. The Morgan fingerprint density at radius 1 is 1.33 bits per heavy atom. The van der Waals surface area contributed by atoms with E-state index in [2.05, 4.69) is 49.8 Å². The fourth-order valence-corrected chi connectivity index (χ4v) is 2.02. The summed E-state index contributed by atoms with van der Waals surface area (Å²) in [6, 6.07) is 3.94. The highest BCUT2D eigenvalue weighted by Gasteiger charge is 2.09. The molecule has 4 nitrogen and oxygen atoms in total. The van der Waals surface area contributed by atoms with E-state index in [1.54, 1.807) is 6.20 Å². The van der Waals surface area contributed by atoms with Gasteiger partial charge in [0.1, 0.15) is 11.5 Å². The first kappa shape index (κ1) is 13.2. The van der Waals surface area contributed by atoms with E-state index in [-0.39, 0.29) is 0 Å². The van der Waals surface area contributed by atoms with Crippen molar-refractivity contribution >= 4 is 28.4 Å². The van der Waals surface area contributed by atoms with Crippen molar-refractivity contribution in [3.05, 3.63) is 33.7 Å². The molecule has 0 bridgehead atoms. The summed E-state index contributed by atoms with van der Waals surface area (Å²) in [6.45, 7) is 5.06. The second-order valence-electron chi connectivity index (χ2n) is 3.99. The Labute approximate surface area is 120 Å². The van der Waals surface area contributed by atoms with E-state index < -0.39 is 0 Å². The maximum absolute atomic E-state index is 4.55. The first-order chi connectivity index (χ1) is 8.72. The van der Waals surface area contributed by atoms with E-state index in [0.29, 0.717) is 5.82 Å². The third-order valence-electron chi connectivity index (χ3n) is 2.51. The van der Waals surface area contributed by atoms with Gasteiger partial charge in [-0.25, -0.2) is 9.97 Å². The van der Waals surface area contributed by atoms with Crippen LogP contribution in [0.2, 0.25) is 0 Å². The number of hydrogen-bond acceptors (Lipinski definition) is 4. The second kappa shape index (κ2) is 6.08. The van der Waals surface area contributed by atoms with Crippen LogP contribution in [0.15, 0.2) is 24.5 Å². The lowest BCUT2D eigenvalue weighted by atomic mass is 10.2. The van der Waals surface area contributed by atoms with Crippen LogP contribution in [0.5, 0.6) is 0 Å². The van der Waals surface area contributed by atoms with Crippen LogP contribution in [0.1, 0.15) is 18.9 Å². The molecule has 0 saturated heterocycles. The third-order valence-corrected chi connectivity index (χ3v) is 3.30. The number of nitrogens with zero attached hydrogens (tertiary/aromatic N) is 3. The lowest BCUT2D eigenvalue weighted by Crippen LogP contribution is -2.06. The van der Waals surface area contributed by atoms with Crippen LogP contribution in [0.4, 0.5) is 5.82 Å². The molecule has 2 aromatic rings. The highest BCUT2D eigenvalue weighted by molar-refractivity contribution is 14.1. The highest BCUT2D eigenvalue weighted by Crippen LogP contribution is 2.21. The van der Waals surface area contributed by atoms with Crippen molar-refractivity contribution in [2.75, 3.05) is 11.9 Å². The fraction of sp³-hybridized carbons (Fsp3) is 0.308. The Morgan fingerprint density at radius 2 is 2.17 bits per heavy atom. The van der Waals surface area contributed by atoms with Gasteiger partial charge in [0.2, 0.25) is 0 Å². The summed E-state index contributed by atoms with van der Waals surface area (Å²) < 4.78 is 1.03. The van der Waals surface area contributed by atoms with Crippen LogP contribution in [0.3, 0.4) is 0 Å². The van der Waals surface area contributed by atoms with Gasteiger partial charge in [-0.05, 0) is 47.6 Å². The molecule has 18 heavy (non-hydrogen) atoms. The normalized spacial score (nSPS) is 10.4. The predicted molar refractivity (Wildman–Crippen MR) is 81.5 cm³/mol. The van der Waals surface area contributed by atoms with Crippen LogP contribution in [0.25, 0.3) is 11.5 Å². The standard InChI is InChI=1S/C13H15IN4/c1-3-6-16-12-10(14)8-17-13(18-12)11-9(2)5-4-7-15-11/h4-5,7-8H,3,6H2,1-2H3,(H,16,17,18). The molecule has 0 unspecified atom stereocenters. The van der Waals surface area contributed by atoms with Gasteiger partial charge in [-0.15, -0.1) is 0 Å². The van der Waals surface area contributed by atoms with Gasteiger partial charge in [0.25, 0.3) is 0 Å². The molecular weight excluding hydrogens is 339 g/mol. The van der Waals surface area contributed by atoms with Gasteiger partial charge in [-0.3, -0.25) is 4.98 Å². The van der Waals surface area contributed by atoms with Gasteiger partial charge in [0, 0.05) is 18.9 Å². The number of nitrogens with one attached hydrogen (secondary N) is 1. The zero-order valence-electron chi connectivity index (χ0n) is 10.4. The van der Waals surface area contributed by atoms with Gasteiger partial charge >= 0.3 is 0 Å². The average molecular weight is 354 g/mol. The highest BCUT2D eigenvalue weighted by atomic mass is 127. The second-order valence-corrected chi connectivity index (χ2v) is 5.15. The number of halogens is 1. The summed E-state index contributed by atoms with van der Waals surface area (Å²) in [5, 5.41) is 3.31. The van der Waals surface area contributed by atoms with Crippen molar-refractivity contribution in [3.8, 4) is 11.5 Å². The molecule has 2 rings (SSSR count). The molecule has 0 aliphatic rings. The lowest BCUT2D eigenvalue weighted by molar-refractivity contribution is 0.961. The topological polar surface area (TPSA) is 50.7 Å². The zero-order chi connectivity index (χ0) is 13.0. The summed E-state index contributed by atoms with van der Waals surface area (Å²) in [7, 11) is 0. The van der Waals surface area contributed by atoms with Crippen LogP contribution in [0, 0.1) is 10.5 Å². The number of rotatable bonds is 4. The van der Waals surface area contributed by atoms with Crippen molar-refractivity contribution in [2.45, 2.75) is 20.3 Å². The molecule has 0 aliphatic carbocycles. The molecule has 0 aromatic carbocycles. The van der Waals surface area contributed by atoms with Crippen molar-refractivity contribution < 1.29 is 0 Å². The third kappa shape index (κ3) is 2.95. The molecule has 2 aromatic heterocycles. The van der Waals surface area contributed by atoms with Gasteiger partial charge in [0.15, 0.2) is 5.82 Å². The van der Waals surface area contributed by atoms with E-state index in [1.807, 2.05) is 25.3 Å². The molecule has 2 heterocycles. The smallest absolute Gasteiger partial charge is 0.180 e. The molecule has 1 N–H and O–H groups in total. The molecule has 0 radical (unpaired) electrons. The summed E-state index contributed by atoms with van der Waals surface area (Å²) >= 11 is 2.24. The van der Waals surface area contributed by atoms with E-state index in [1.165, 1.54) is 0 Å². The zero-order valence-corrected chi connectivity index (χ0v) is 12.6. The van der Waals surface area contributed by atoms with Crippen LogP contribution >= 0.6 is 22.6 Å². The number of hydrogen-bond donors (Lipinski definition) is 1. The molecule has 0 fully saturated rings. The predicted octanol–water partition coefficient (Wildman–Crippen LogP) is 3.27. The molecule has 0 aliphatic heterocycles. The molecule has 0 saturated carbocycles. The van der Waals surface area contributed by atoms with E-state index >= 15 is 0 Å². The number of aryl methyl sites for hydroxylation is 1. The fourth-order valence-electron chi connectivity index (χ4n) is 1.57. The van der Waals surface area contributed by atoms with E-state index in [0.717, 1.165) is 33.6 Å². The Hall–Kier alpha value is -1.24. The largest absolute Gasteiger partial charge is 0.369 e. The van der Waals surface area contributed by atoms with Gasteiger partial charge in [-0.1, -0.05) is 13.0 Å². The van der Waals surface area contributed by atoms with Crippen LogP contribution in [-0.4, -0.2) is 21.5 Å². The first-order valence-corrected chi connectivity index (χ1v) is 6.98. The van der Waals surface area contributed by atoms with Crippen molar-refractivity contribution in [3.63, 3.8) is 0 Å². The molecule has 0 atom stereocenters. The van der Waals surface area contributed by atoms with Gasteiger partial charge in [0.05, 0.1) is 3.57 Å². The summed E-state index contributed by atoms with van der Waals surface area (Å²) in [6.07, 6.45) is 4.66. The minimum Gasteiger partial charge on any atom is -0.369 e. The Morgan fingerprint density at radius 3 is 2.89 bits per heavy atom. The maximum atomic E-state index is 4.55. The molecule has 94 valence electrons. The summed E-state index contributed by atoms with van der Waals surface area (Å²) in [4.78, 5) is 13.2. The molecule has 0 amide bonds. The Balaban J connectivity index is 2.38. The van der Waals surface area contributed by atoms with Gasteiger partial charge < -0.3 is 5.32 Å². The minimum atomic E-state index is 0.673. The summed E-state index contributed by atoms with van der Waals surface area (Å²) in [5.41, 5.74) is 1.92.